The predicted molar refractivity (Wildman–Crippen MR) is 290 cm³/mol. The van der Waals surface area contributed by atoms with Gasteiger partial charge >= 0.3 is 7.12 Å². The number of hydrogen-bond acceptors (Lipinski definition) is 4. The van der Waals surface area contributed by atoms with E-state index < -0.39 is 0 Å². The van der Waals surface area contributed by atoms with Crippen LogP contribution in [0.1, 0.15) is 38.8 Å². The summed E-state index contributed by atoms with van der Waals surface area (Å²) in [6.07, 6.45) is 0. The monoisotopic (exact) mass is 1130 g/mol. The summed E-state index contributed by atoms with van der Waals surface area (Å²) in [5.74, 6) is 0. The van der Waals surface area contributed by atoms with Crippen LogP contribution in [0, 0.1) is 24.2 Å². The minimum absolute atomic E-state index is 0. The van der Waals surface area contributed by atoms with Gasteiger partial charge in [0.15, 0.2) is 0 Å². The SMILES string of the molecule is Cc1ccc(-c2sc3cc(Cl)ccc3c2Br)c2[nH]c3ccccc3c12.Cc1ccc(B2OC(C)(C)C(C)(C)O2)c2[nH]c3ccccc3c12.Clc1ccc2c(Br)c(I)sc2c1.[B-].[CH3-]. The molecule has 6 aromatic carbocycles. The maximum atomic E-state index is 6.25. The second-order valence-electron chi connectivity index (χ2n) is 16.0. The Kier molecular flexibility index (Phi) is 13.8. The summed E-state index contributed by atoms with van der Waals surface area (Å²) in [6.45, 7) is 12.7. The van der Waals surface area contributed by atoms with E-state index in [0.29, 0.717) is 0 Å². The van der Waals surface area contributed by atoms with E-state index in [4.69, 9.17) is 32.5 Å². The highest BCUT2D eigenvalue weighted by Gasteiger charge is 2.52. The van der Waals surface area contributed by atoms with E-state index in [0.717, 1.165) is 31.0 Å². The van der Waals surface area contributed by atoms with Crippen molar-refractivity contribution in [2.45, 2.75) is 52.7 Å². The van der Waals surface area contributed by atoms with E-state index in [-0.39, 0.29) is 34.2 Å². The standard InChI is InChI=1S/C21H13BrClNS.C19H22BNO2.C8H3BrClIS.CH3.B/c1-11-6-8-15(20-18(11)13-4-2-3-5-16(13)24-20)21-19(22)14-9-7-12(23)10-17(14)25-21;1-12-10-11-14(20-22-18(2,3)19(4,5)23-20)17-16(12)13-8-6-7-9-15(13)21-17;9-7-5-2-1-4(10)3-6(5)12-8(7)11;;/h2-10,24H,1H3;6-11,21H,1-5H3;1-3H;1H3;/q;;;2*-1. The van der Waals surface area contributed by atoms with E-state index in [1.54, 1.807) is 22.7 Å². The third-order valence-electron chi connectivity index (χ3n) is 11.7. The lowest BCUT2D eigenvalue weighted by Gasteiger charge is -2.32. The van der Waals surface area contributed by atoms with E-state index in [1.165, 1.54) is 81.7 Å². The fourth-order valence-electron chi connectivity index (χ4n) is 7.86. The summed E-state index contributed by atoms with van der Waals surface area (Å²) in [4.78, 5) is 8.42. The zero-order chi connectivity index (χ0) is 42.2. The van der Waals surface area contributed by atoms with E-state index >= 15 is 0 Å². The van der Waals surface area contributed by atoms with Gasteiger partial charge in [0.05, 0.1) is 24.5 Å². The molecule has 4 nitrogen and oxygen atoms in total. The fraction of sp³-hybridized carbons (Fsp3) is 0.163. The molecule has 4 radical (unpaired) electrons. The van der Waals surface area contributed by atoms with Crippen LogP contribution in [0.25, 0.3) is 74.2 Å². The number of nitrogens with one attached hydrogen (secondary N) is 2. The van der Waals surface area contributed by atoms with Crippen LogP contribution >= 0.6 is 100 Å². The lowest BCUT2D eigenvalue weighted by Crippen LogP contribution is -2.41. The van der Waals surface area contributed by atoms with Crippen molar-refractivity contribution in [2.24, 2.45) is 0 Å². The van der Waals surface area contributed by atoms with Gasteiger partial charge in [-0.05, 0) is 144 Å². The van der Waals surface area contributed by atoms with Crippen LogP contribution in [0.3, 0.4) is 0 Å². The second kappa shape index (κ2) is 18.2. The van der Waals surface area contributed by atoms with Crippen LogP contribution in [0.2, 0.25) is 10.0 Å². The molecule has 10 aromatic rings. The smallest absolute Gasteiger partial charge is 0.497 e. The second-order valence-corrected chi connectivity index (χ2v) is 22.4. The number of fused-ring (bicyclic) bond motifs is 8. The predicted octanol–water partition coefficient (Wildman–Crippen LogP) is 16.8. The molecule has 0 saturated carbocycles. The van der Waals surface area contributed by atoms with Crippen molar-refractivity contribution in [1.82, 2.24) is 9.97 Å². The Bertz CT molecular complexity index is 3290. The Balaban J connectivity index is 0.000000145. The topological polar surface area (TPSA) is 50.0 Å². The summed E-state index contributed by atoms with van der Waals surface area (Å²) in [5, 5.41) is 9.10. The minimum atomic E-state index is -0.351. The van der Waals surface area contributed by atoms with E-state index in [9.17, 15) is 0 Å². The molecule has 0 amide bonds. The van der Waals surface area contributed by atoms with Gasteiger partial charge in [-0.15, -0.1) is 22.7 Å². The van der Waals surface area contributed by atoms with Gasteiger partial charge in [0, 0.05) is 88.3 Å². The summed E-state index contributed by atoms with van der Waals surface area (Å²) in [6, 6.07) is 37.6. The molecule has 1 aliphatic rings. The largest absolute Gasteiger partial charge is 1.00 e. The van der Waals surface area contributed by atoms with Crippen molar-refractivity contribution in [1.29, 1.82) is 0 Å². The number of aromatic amines is 2. The molecule has 62 heavy (non-hydrogen) atoms. The van der Waals surface area contributed by atoms with Crippen LogP contribution in [0.4, 0.5) is 0 Å². The quantitative estimate of drug-likeness (QED) is 0.103. The lowest BCUT2D eigenvalue weighted by molar-refractivity contribution is 0.00578. The van der Waals surface area contributed by atoms with Crippen LogP contribution in [-0.4, -0.2) is 36.7 Å². The Morgan fingerprint density at radius 2 is 1.10 bits per heavy atom. The summed E-state index contributed by atoms with van der Waals surface area (Å²) < 4.78 is 18.5. The molecule has 1 aliphatic heterocycles. The first-order valence-electron chi connectivity index (χ1n) is 19.4. The van der Waals surface area contributed by atoms with E-state index in [1.807, 2.05) is 30.3 Å². The van der Waals surface area contributed by atoms with Gasteiger partial charge in [0.2, 0.25) is 0 Å². The van der Waals surface area contributed by atoms with Gasteiger partial charge in [0.1, 0.15) is 0 Å². The Hall–Kier alpha value is -2.84. The fourth-order valence-corrected chi connectivity index (χ4v) is 13.0. The first-order chi connectivity index (χ1) is 28.6. The highest BCUT2D eigenvalue weighted by molar-refractivity contribution is 14.1. The number of para-hydroxylation sites is 2. The van der Waals surface area contributed by atoms with Gasteiger partial charge < -0.3 is 35.1 Å². The Morgan fingerprint density at radius 3 is 1.68 bits per heavy atom. The van der Waals surface area contributed by atoms with Crippen LogP contribution in [0.5, 0.6) is 0 Å². The molecular weight excluding hydrogens is 1090 g/mol. The maximum absolute atomic E-state index is 6.25. The molecule has 0 atom stereocenters. The van der Waals surface area contributed by atoms with Crippen LogP contribution in [0.15, 0.2) is 118 Å². The summed E-state index contributed by atoms with van der Waals surface area (Å²) >= 11 is 25.2. The molecule has 1 fully saturated rings. The summed E-state index contributed by atoms with van der Waals surface area (Å²) in [7, 11) is -0.351. The zero-order valence-corrected chi connectivity index (χ0v) is 43.5. The Labute approximate surface area is 413 Å². The number of aryl methyl sites for hydroxylation is 2. The van der Waals surface area contributed by atoms with Crippen molar-refractivity contribution >= 4 is 185 Å². The number of hydrogen-bond donors (Lipinski definition) is 2. The average molecular weight is 1130 g/mol. The molecule has 0 spiro atoms. The highest BCUT2D eigenvalue weighted by atomic mass is 127. The minimum Gasteiger partial charge on any atom is -1.00 e. The van der Waals surface area contributed by atoms with Gasteiger partial charge in [-0.3, -0.25) is 0 Å². The number of benzene rings is 6. The van der Waals surface area contributed by atoms with Gasteiger partial charge in [0.25, 0.3) is 0 Å². The van der Waals surface area contributed by atoms with Gasteiger partial charge in [-0.25, -0.2) is 0 Å². The molecule has 2 N–H and O–H groups in total. The van der Waals surface area contributed by atoms with Crippen LogP contribution in [-0.2, 0) is 9.31 Å². The molecule has 5 heterocycles. The van der Waals surface area contributed by atoms with Crippen LogP contribution < -0.4 is 5.46 Å². The van der Waals surface area contributed by atoms with E-state index in [2.05, 4.69) is 185 Å². The first-order valence-corrected chi connectivity index (χ1v) is 24.4. The number of thiophene rings is 2. The normalized spacial score (nSPS) is 14.2. The maximum Gasteiger partial charge on any atom is 0.497 e. The molecular formula is C49H41B2Br2Cl2IN2O2S2-2. The van der Waals surface area contributed by atoms with Crippen molar-refractivity contribution in [3.63, 3.8) is 0 Å². The third-order valence-corrected chi connectivity index (χ3v) is 18.4. The molecule has 314 valence electrons. The lowest BCUT2D eigenvalue weighted by atomic mass is 9.77. The zero-order valence-electron chi connectivity index (χ0n) is 35.1. The molecule has 4 aromatic heterocycles. The average Bonchev–Trinajstić information content (AvgIpc) is 3.99. The number of rotatable bonds is 2. The van der Waals surface area contributed by atoms with Crippen molar-refractivity contribution in [2.75, 3.05) is 0 Å². The van der Waals surface area contributed by atoms with Crippen molar-refractivity contribution < 1.29 is 9.31 Å². The van der Waals surface area contributed by atoms with Crippen molar-refractivity contribution in [3.05, 3.63) is 150 Å². The molecule has 0 bridgehead atoms. The van der Waals surface area contributed by atoms with Gasteiger partial charge in [-0.2, -0.15) is 0 Å². The number of H-pyrrole nitrogens is 2. The molecule has 0 aliphatic carbocycles. The molecule has 1 saturated heterocycles. The molecule has 11 rings (SSSR count). The van der Waals surface area contributed by atoms with Crippen molar-refractivity contribution in [3.8, 4) is 10.4 Å². The number of halogens is 5. The summed E-state index contributed by atoms with van der Waals surface area (Å²) in [5.41, 5.74) is 8.81. The first kappa shape index (κ1) is 47.1. The Morgan fingerprint density at radius 1 is 0.613 bits per heavy atom. The molecule has 0 unspecified atom stereocenters. The van der Waals surface area contributed by atoms with Gasteiger partial charge in [-0.1, -0.05) is 96.0 Å². The highest BCUT2D eigenvalue weighted by Crippen LogP contribution is 2.46. The third kappa shape index (κ3) is 8.44. The molecule has 13 heteroatoms. The number of aromatic nitrogens is 2.